The second-order valence-corrected chi connectivity index (χ2v) is 4.96. The second kappa shape index (κ2) is 7.76. The Kier molecular flexibility index (Phi) is 5.72. The van der Waals surface area contributed by atoms with Gasteiger partial charge in [0, 0.05) is 12.6 Å². The first kappa shape index (κ1) is 15.5. The molecule has 0 bridgehead atoms. The summed E-state index contributed by atoms with van der Waals surface area (Å²) < 4.78 is 18.6. The zero-order valence-corrected chi connectivity index (χ0v) is 12.0. The standard InChI is InChI=1S/C17H20FNO2/c1-13(14-6-5-7-15(18)10-14)19-11-16(20)12-21-17-8-3-2-4-9-17/h2-10,13,16,19-20H,11-12H2,1H3. The maximum Gasteiger partial charge on any atom is 0.123 e. The smallest absolute Gasteiger partial charge is 0.123 e. The Labute approximate surface area is 124 Å². The molecule has 2 aromatic carbocycles. The van der Waals surface area contributed by atoms with Gasteiger partial charge < -0.3 is 15.2 Å². The predicted molar refractivity (Wildman–Crippen MR) is 80.8 cm³/mol. The Balaban J connectivity index is 1.74. The van der Waals surface area contributed by atoms with E-state index in [1.54, 1.807) is 6.07 Å². The highest BCUT2D eigenvalue weighted by Crippen LogP contribution is 2.13. The third kappa shape index (κ3) is 5.17. The van der Waals surface area contributed by atoms with Gasteiger partial charge in [-0.3, -0.25) is 0 Å². The number of hydrogen-bond acceptors (Lipinski definition) is 3. The molecule has 0 aliphatic carbocycles. The summed E-state index contributed by atoms with van der Waals surface area (Å²) in [5, 5.41) is 13.1. The van der Waals surface area contributed by atoms with Gasteiger partial charge in [-0.15, -0.1) is 0 Å². The van der Waals surface area contributed by atoms with Gasteiger partial charge in [0.2, 0.25) is 0 Å². The fraction of sp³-hybridized carbons (Fsp3) is 0.294. The average Bonchev–Trinajstić information content (AvgIpc) is 2.51. The van der Waals surface area contributed by atoms with Crippen molar-refractivity contribution in [2.75, 3.05) is 13.2 Å². The van der Waals surface area contributed by atoms with Crippen LogP contribution in [0.15, 0.2) is 54.6 Å². The van der Waals surface area contributed by atoms with Crippen LogP contribution in [0.25, 0.3) is 0 Å². The minimum absolute atomic E-state index is 0.0351. The molecule has 2 rings (SSSR count). The summed E-state index contributed by atoms with van der Waals surface area (Å²) in [7, 11) is 0. The molecular formula is C17H20FNO2. The molecule has 0 heterocycles. The van der Waals surface area contributed by atoms with Gasteiger partial charge in [-0.2, -0.15) is 0 Å². The topological polar surface area (TPSA) is 41.5 Å². The van der Waals surface area contributed by atoms with Crippen molar-refractivity contribution >= 4 is 0 Å². The van der Waals surface area contributed by atoms with Crippen molar-refractivity contribution in [3.63, 3.8) is 0 Å². The quantitative estimate of drug-likeness (QED) is 0.823. The summed E-state index contributed by atoms with van der Waals surface area (Å²) in [6.07, 6.45) is -0.624. The van der Waals surface area contributed by atoms with Crippen molar-refractivity contribution < 1.29 is 14.2 Å². The van der Waals surface area contributed by atoms with E-state index in [4.69, 9.17) is 4.74 Å². The number of hydrogen-bond donors (Lipinski definition) is 2. The lowest BCUT2D eigenvalue weighted by molar-refractivity contribution is 0.104. The van der Waals surface area contributed by atoms with Crippen LogP contribution in [0.3, 0.4) is 0 Å². The second-order valence-electron chi connectivity index (χ2n) is 4.96. The van der Waals surface area contributed by atoms with Crippen LogP contribution in [-0.2, 0) is 0 Å². The predicted octanol–water partition coefficient (Wildman–Crippen LogP) is 2.92. The SMILES string of the molecule is CC(NCC(O)COc1ccccc1)c1cccc(F)c1. The first-order chi connectivity index (χ1) is 10.1. The van der Waals surface area contributed by atoms with Crippen LogP contribution in [0.5, 0.6) is 5.75 Å². The highest BCUT2D eigenvalue weighted by atomic mass is 19.1. The lowest BCUT2D eigenvalue weighted by Crippen LogP contribution is -2.33. The molecule has 0 aromatic heterocycles. The summed E-state index contributed by atoms with van der Waals surface area (Å²) in [4.78, 5) is 0. The minimum Gasteiger partial charge on any atom is -0.491 e. The number of benzene rings is 2. The molecule has 0 saturated heterocycles. The monoisotopic (exact) mass is 289 g/mol. The van der Waals surface area contributed by atoms with Crippen LogP contribution < -0.4 is 10.1 Å². The first-order valence-electron chi connectivity index (χ1n) is 7.00. The normalized spacial score (nSPS) is 13.7. The van der Waals surface area contributed by atoms with E-state index >= 15 is 0 Å². The molecule has 0 fully saturated rings. The van der Waals surface area contributed by atoms with E-state index in [1.807, 2.05) is 43.3 Å². The molecule has 0 aliphatic heterocycles. The number of aliphatic hydroxyl groups is 1. The van der Waals surface area contributed by atoms with E-state index in [2.05, 4.69) is 5.32 Å². The molecule has 2 aromatic rings. The van der Waals surface area contributed by atoms with E-state index in [-0.39, 0.29) is 18.5 Å². The van der Waals surface area contributed by atoms with E-state index in [0.717, 1.165) is 11.3 Å². The largest absolute Gasteiger partial charge is 0.491 e. The van der Waals surface area contributed by atoms with Crippen LogP contribution in [0.4, 0.5) is 4.39 Å². The van der Waals surface area contributed by atoms with Crippen LogP contribution in [-0.4, -0.2) is 24.4 Å². The van der Waals surface area contributed by atoms with Gasteiger partial charge in [-0.05, 0) is 36.8 Å². The van der Waals surface area contributed by atoms with Crippen molar-refractivity contribution in [3.05, 3.63) is 66.0 Å². The highest BCUT2D eigenvalue weighted by Gasteiger charge is 2.10. The van der Waals surface area contributed by atoms with Gasteiger partial charge >= 0.3 is 0 Å². The molecule has 21 heavy (non-hydrogen) atoms. The van der Waals surface area contributed by atoms with E-state index in [9.17, 15) is 9.50 Å². The molecule has 0 spiro atoms. The molecule has 3 nitrogen and oxygen atoms in total. The molecule has 0 saturated carbocycles. The van der Waals surface area contributed by atoms with Crippen LogP contribution >= 0.6 is 0 Å². The summed E-state index contributed by atoms with van der Waals surface area (Å²) in [6.45, 7) is 2.52. The fourth-order valence-electron chi connectivity index (χ4n) is 1.97. The summed E-state index contributed by atoms with van der Waals surface area (Å²) in [5.41, 5.74) is 0.853. The fourth-order valence-corrected chi connectivity index (χ4v) is 1.97. The number of rotatable bonds is 7. The Hall–Kier alpha value is -1.91. The maximum absolute atomic E-state index is 13.1. The number of para-hydroxylation sites is 1. The summed E-state index contributed by atoms with van der Waals surface area (Å²) in [5.74, 6) is 0.476. The van der Waals surface area contributed by atoms with E-state index in [0.29, 0.717) is 6.54 Å². The molecule has 0 aliphatic rings. The summed E-state index contributed by atoms with van der Waals surface area (Å²) in [6, 6.07) is 15.8. The van der Waals surface area contributed by atoms with Gasteiger partial charge in [0.15, 0.2) is 0 Å². The number of ether oxygens (including phenoxy) is 1. The van der Waals surface area contributed by atoms with Gasteiger partial charge in [-0.1, -0.05) is 30.3 Å². The van der Waals surface area contributed by atoms with Crippen molar-refractivity contribution in [2.45, 2.75) is 19.1 Å². The lowest BCUT2D eigenvalue weighted by Gasteiger charge is -2.18. The van der Waals surface area contributed by atoms with Crippen LogP contribution in [0, 0.1) is 5.82 Å². The molecule has 2 atom stereocenters. The molecule has 2 N–H and O–H groups in total. The maximum atomic E-state index is 13.1. The summed E-state index contributed by atoms with van der Waals surface area (Å²) >= 11 is 0. The van der Waals surface area contributed by atoms with Crippen molar-refractivity contribution in [1.29, 1.82) is 0 Å². The van der Waals surface area contributed by atoms with E-state index < -0.39 is 6.10 Å². The Morgan fingerprint density at radius 1 is 1.14 bits per heavy atom. The number of nitrogens with one attached hydrogen (secondary N) is 1. The molecule has 4 heteroatoms. The minimum atomic E-state index is -0.624. The van der Waals surface area contributed by atoms with Crippen molar-refractivity contribution in [2.24, 2.45) is 0 Å². The average molecular weight is 289 g/mol. The first-order valence-corrected chi connectivity index (χ1v) is 7.00. The van der Waals surface area contributed by atoms with Gasteiger partial charge in [0.05, 0.1) is 0 Å². The number of aliphatic hydroxyl groups excluding tert-OH is 1. The van der Waals surface area contributed by atoms with Gasteiger partial charge in [-0.25, -0.2) is 4.39 Å². The third-order valence-corrected chi connectivity index (χ3v) is 3.19. The van der Waals surface area contributed by atoms with Crippen LogP contribution in [0.1, 0.15) is 18.5 Å². The van der Waals surface area contributed by atoms with E-state index in [1.165, 1.54) is 12.1 Å². The highest BCUT2D eigenvalue weighted by molar-refractivity contribution is 5.21. The lowest BCUT2D eigenvalue weighted by atomic mass is 10.1. The zero-order chi connectivity index (χ0) is 15.1. The van der Waals surface area contributed by atoms with Crippen molar-refractivity contribution in [1.82, 2.24) is 5.32 Å². The Bertz CT molecular complexity index is 547. The van der Waals surface area contributed by atoms with Gasteiger partial charge in [0.25, 0.3) is 0 Å². The third-order valence-electron chi connectivity index (χ3n) is 3.19. The Morgan fingerprint density at radius 3 is 2.62 bits per heavy atom. The number of halogens is 1. The molecule has 0 radical (unpaired) electrons. The molecule has 2 unspecified atom stereocenters. The van der Waals surface area contributed by atoms with Crippen molar-refractivity contribution in [3.8, 4) is 5.75 Å². The zero-order valence-electron chi connectivity index (χ0n) is 12.0. The van der Waals surface area contributed by atoms with Crippen LogP contribution in [0.2, 0.25) is 0 Å². The molecular weight excluding hydrogens is 269 g/mol. The molecule has 112 valence electrons. The van der Waals surface area contributed by atoms with Gasteiger partial charge in [0.1, 0.15) is 24.3 Å². The Morgan fingerprint density at radius 2 is 1.90 bits per heavy atom. The molecule has 0 amide bonds.